The van der Waals surface area contributed by atoms with Gasteiger partial charge in [-0.25, -0.2) is 0 Å². The number of halogens is 4. The molecule has 0 aromatic heterocycles. The molecule has 0 heterocycles. The molecule has 2 aromatic carbocycles. The number of hydrogen-bond acceptors (Lipinski definition) is 1. The maximum absolute atomic E-state index is 13.3. The van der Waals surface area contributed by atoms with E-state index in [4.69, 9.17) is 46.4 Å². The summed E-state index contributed by atoms with van der Waals surface area (Å²) < 4.78 is 0. The second kappa shape index (κ2) is 6.21. The standard InChI is InChI=1S/C19H14Cl4O/c20-11-5-13(17(9-1-2-9)15(22)7-11)19(24)14-6-12(21)8-16(23)18(14)10-3-4-10/h5-10H,1-4H2. The fourth-order valence-electron chi connectivity index (χ4n) is 3.26. The highest BCUT2D eigenvalue weighted by Crippen LogP contribution is 2.49. The van der Waals surface area contributed by atoms with E-state index in [0.717, 1.165) is 36.8 Å². The van der Waals surface area contributed by atoms with Gasteiger partial charge in [0.15, 0.2) is 5.78 Å². The Hall–Kier alpha value is -0.730. The van der Waals surface area contributed by atoms with Gasteiger partial charge in [0.2, 0.25) is 0 Å². The zero-order valence-electron chi connectivity index (χ0n) is 12.7. The molecule has 0 unspecified atom stereocenters. The molecule has 0 bridgehead atoms. The fraction of sp³-hybridized carbons (Fsp3) is 0.316. The molecule has 2 aromatic rings. The molecule has 4 rings (SSSR count). The van der Waals surface area contributed by atoms with Crippen LogP contribution in [0.4, 0.5) is 0 Å². The van der Waals surface area contributed by atoms with Crippen molar-refractivity contribution in [2.45, 2.75) is 37.5 Å². The predicted molar refractivity (Wildman–Crippen MR) is 100 cm³/mol. The fourth-order valence-corrected chi connectivity index (χ4v) is 4.56. The lowest BCUT2D eigenvalue weighted by Gasteiger charge is -2.15. The van der Waals surface area contributed by atoms with Gasteiger partial charge < -0.3 is 0 Å². The highest BCUT2D eigenvalue weighted by Gasteiger charge is 2.34. The second-order valence-corrected chi connectivity index (χ2v) is 8.26. The van der Waals surface area contributed by atoms with E-state index in [2.05, 4.69) is 0 Å². The van der Waals surface area contributed by atoms with Crippen molar-refractivity contribution >= 4 is 52.2 Å². The van der Waals surface area contributed by atoms with E-state index in [0.29, 0.717) is 43.1 Å². The van der Waals surface area contributed by atoms with Gasteiger partial charge in [-0.2, -0.15) is 0 Å². The van der Waals surface area contributed by atoms with Crippen LogP contribution in [-0.2, 0) is 0 Å². The summed E-state index contributed by atoms with van der Waals surface area (Å²) in [4.78, 5) is 13.3. The zero-order chi connectivity index (χ0) is 17.0. The first-order valence-electron chi connectivity index (χ1n) is 7.98. The third-order valence-corrected chi connectivity index (χ3v) is 5.71. The minimum absolute atomic E-state index is 0.0902. The second-order valence-electron chi connectivity index (χ2n) is 6.58. The van der Waals surface area contributed by atoms with E-state index in [1.165, 1.54) is 0 Å². The van der Waals surface area contributed by atoms with Crippen LogP contribution in [0.5, 0.6) is 0 Å². The molecule has 0 aliphatic heterocycles. The molecule has 1 nitrogen and oxygen atoms in total. The van der Waals surface area contributed by atoms with Crippen LogP contribution < -0.4 is 0 Å². The van der Waals surface area contributed by atoms with E-state index < -0.39 is 0 Å². The first-order chi connectivity index (χ1) is 11.5. The van der Waals surface area contributed by atoms with Crippen LogP contribution in [0.15, 0.2) is 24.3 Å². The molecule has 0 N–H and O–H groups in total. The molecule has 2 fully saturated rings. The Kier molecular flexibility index (Phi) is 4.33. The monoisotopic (exact) mass is 398 g/mol. The van der Waals surface area contributed by atoms with E-state index in [1.54, 1.807) is 24.3 Å². The van der Waals surface area contributed by atoms with Crippen molar-refractivity contribution in [2.75, 3.05) is 0 Å². The van der Waals surface area contributed by atoms with Crippen molar-refractivity contribution in [3.63, 3.8) is 0 Å². The van der Waals surface area contributed by atoms with E-state index in [9.17, 15) is 4.79 Å². The molecule has 2 saturated carbocycles. The van der Waals surface area contributed by atoms with Crippen LogP contribution in [0, 0.1) is 0 Å². The molecule has 0 radical (unpaired) electrons. The van der Waals surface area contributed by atoms with Crippen LogP contribution >= 0.6 is 46.4 Å². The van der Waals surface area contributed by atoms with Crippen LogP contribution in [0.25, 0.3) is 0 Å². The number of ketones is 1. The van der Waals surface area contributed by atoms with Gasteiger partial charge in [-0.3, -0.25) is 4.79 Å². The van der Waals surface area contributed by atoms with Gasteiger partial charge in [0.1, 0.15) is 0 Å². The van der Waals surface area contributed by atoms with Gasteiger partial charge in [-0.1, -0.05) is 46.4 Å². The third kappa shape index (κ3) is 3.08. The molecule has 0 saturated heterocycles. The molecule has 0 spiro atoms. The van der Waals surface area contributed by atoms with Crippen molar-refractivity contribution in [1.82, 2.24) is 0 Å². The zero-order valence-corrected chi connectivity index (χ0v) is 15.7. The summed E-state index contributed by atoms with van der Waals surface area (Å²) in [6.07, 6.45) is 4.20. The number of hydrogen-bond donors (Lipinski definition) is 0. The van der Waals surface area contributed by atoms with Crippen molar-refractivity contribution < 1.29 is 4.79 Å². The average Bonchev–Trinajstić information content (AvgIpc) is 3.37. The number of rotatable bonds is 4. The summed E-state index contributed by atoms with van der Waals surface area (Å²) in [6, 6.07) is 6.85. The van der Waals surface area contributed by atoms with Crippen LogP contribution in [0.2, 0.25) is 20.1 Å². The summed E-state index contributed by atoms with van der Waals surface area (Å²) in [6.45, 7) is 0. The highest BCUT2D eigenvalue weighted by molar-refractivity contribution is 6.37. The lowest BCUT2D eigenvalue weighted by atomic mass is 9.91. The number of carbonyl (C=O) groups is 1. The number of carbonyl (C=O) groups excluding carboxylic acids is 1. The van der Waals surface area contributed by atoms with E-state index in [-0.39, 0.29) is 5.78 Å². The third-order valence-electron chi connectivity index (χ3n) is 4.65. The first-order valence-corrected chi connectivity index (χ1v) is 9.49. The minimum Gasteiger partial charge on any atom is -0.289 e. The Balaban J connectivity index is 1.89. The Labute approximate surface area is 160 Å². The Morgan fingerprint density at radius 3 is 1.42 bits per heavy atom. The molecule has 5 heteroatoms. The van der Waals surface area contributed by atoms with Crippen LogP contribution in [0.3, 0.4) is 0 Å². The maximum Gasteiger partial charge on any atom is 0.193 e. The van der Waals surface area contributed by atoms with Crippen molar-refractivity contribution in [3.05, 3.63) is 66.6 Å². The van der Waals surface area contributed by atoms with E-state index >= 15 is 0 Å². The van der Waals surface area contributed by atoms with Crippen LogP contribution in [-0.4, -0.2) is 5.78 Å². The molecule has 2 aliphatic carbocycles. The van der Waals surface area contributed by atoms with Gasteiger partial charge >= 0.3 is 0 Å². The van der Waals surface area contributed by atoms with Crippen molar-refractivity contribution in [3.8, 4) is 0 Å². The molecule has 0 atom stereocenters. The Bertz CT molecular complexity index is 781. The smallest absolute Gasteiger partial charge is 0.193 e. The SMILES string of the molecule is O=C(c1cc(Cl)cc(Cl)c1C1CC1)c1cc(Cl)cc(Cl)c1C1CC1. The Morgan fingerprint density at radius 1 is 0.708 bits per heavy atom. The average molecular weight is 400 g/mol. The van der Waals surface area contributed by atoms with Crippen molar-refractivity contribution in [1.29, 1.82) is 0 Å². The summed E-state index contributed by atoms with van der Waals surface area (Å²) >= 11 is 25.1. The first kappa shape index (κ1) is 16.7. The van der Waals surface area contributed by atoms with Crippen LogP contribution in [0.1, 0.15) is 64.6 Å². The number of benzene rings is 2. The summed E-state index contributed by atoms with van der Waals surface area (Å²) in [5.74, 6) is 0.591. The lowest BCUT2D eigenvalue weighted by molar-refractivity contribution is 0.103. The molecule has 0 amide bonds. The van der Waals surface area contributed by atoms with Gasteiger partial charge in [0.25, 0.3) is 0 Å². The quantitative estimate of drug-likeness (QED) is 0.493. The Morgan fingerprint density at radius 2 is 1.08 bits per heavy atom. The normalized spacial score (nSPS) is 17.2. The summed E-state index contributed by atoms with van der Waals surface area (Å²) in [5, 5.41) is 2.06. The predicted octanol–water partition coefficient (Wildman–Crippen LogP) is 7.29. The van der Waals surface area contributed by atoms with Gasteiger partial charge in [-0.05, 0) is 72.9 Å². The molecule has 24 heavy (non-hydrogen) atoms. The minimum atomic E-state index is -0.0902. The summed E-state index contributed by atoms with van der Waals surface area (Å²) in [5.41, 5.74) is 2.97. The highest BCUT2D eigenvalue weighted by atomic mass is 35.5. The maximum atomic E-state index is 13.3. The van der Waals surface area contributed by atoms with Gasteiger partial charge in [-0.15, -0.1) is 0 Å². The van der Waals surface area contributed by atoms with Gasteiger partial charge in [0, 0.05) is 31.2 Å². The molecule has 2 aliphatic rings. The largest absolute Gasteiger partial charge is 0.289 e. The van der Waals surface area contributed by atoms with E-state index in [1.807, 2.05) is 0 Å². The summed E-state index contributed by atoms with van der Waals surface area (Å²) in [7, 11) is 0. The molecule has 124 valence electrons. The molecular weight excluding hydrogens is 386 g/mol. The topological polar surface area (TPSA) is 17.1 Å². The lowest BCUT2D eigenvalue weighted by Crippen LogP contribution is -2.09. The van der Waals surface area contributed by atoms with Gasteiger partial charge in [0.05, 0.1) is 0 Å². The van der Waals surface area contributed by atoms with Crippen molar-refractivity contribution in [2.24, 2.45) is 0 Å². The molecular formula is C19H14Cl4O.